The van der Waals surface area contributed by atoms with Gasteiger partial charge in [-0.25, -0.2) is 8.78 Å². The van der Waals surface area contributed by atoms with E-state index in [4.69, 9.17) is 4.74 Å². The molecule has 2 fully saturated rings. The van der Waals surface area contributed by atoms with Crippen molar-refractivity contribution in [1.29, 1.82) is 0 Å². The molecule has 0 amide bonds. The highest BCUT2D eigenvalue weighted by atomic mass is 19.2. The molecule has 0 saturated heterocycles. The van der Waals surface area contributed by atoms with E-state index in [1.165, 1.54) is 69.9 Å². The number of hydrogen-bond acceptors (Lipinski definition) is 1. The van der Waals surface area contributed by atoms with E-state index < -0.39 is 17.5 Å². The van der Waals surface area contributed by atoms with Crippen molar-refractivity contribution in [2.75, 3.05) is 6.61 Å². The lowest BCUT2D eigenvalue weighted by Crippen LogP contribution is -2.30. The SMILES string of the molecule is C/C=C/COc1cc2cc(C3CCC4CC(CCCCCC)CCC4C3)cc(F)c2c(F)c1F. The van der Waals surface area contributed by atoms with Gasteiger partial charge in [0.15, 0.2) is 11.6 Å². The van der Waals surface area contributed by atoms with E-state index in [2.05, 4.69) is 6.92 Å². The van der Waals surface area contributed by atoms with E-state index in [-0.39, 0.29) is 23.7 Å². The zero-order valence-corrected chi connectivity index (χ0v) is 20.7. The Morgan fingerprint density at radius 2 is 1.71 bits per heavy atom. The molecule has 0 aliphatic heterocycles. The lowest BCUT2D eigenvalue weighted by Gasteiger charge is -2.42. The van der Waals surface area contributed by atoms with E-state index in [1.807, 2.05) is 13.0 Å². The molecule has 2 aromatic rings. The van der Waals surface area contributed by atoms with Crippen molar-refractivity contribution >= 4 is 10.8 Å². The first-order valence-electron chi connectivity index (χ1n) is 13.4. The minimum atomic E-state index is -1.17. The normalized spacial score (nSPS) is 25.1. The van der Waals surface area contributed by atoms with Crippen LogP contribution in [-0.4, -0.2) is 6.61 Å². The molecular formula is C30H39F3O. The van der Waals surface area contributed by atoms with Crippen LogP contribution in [0.1, 0.15) is 96.0 Å². The zero-order chi connectivity index (χ0) is 24.1. The van der Waals surface area contributed by atoms with Crippen LogP contribution in [0.25, 0.3) is 10.8 Å². The molecule has 2 saturated carbocycles. The highest BCUT2D eigenvalue weighted by Crippen LogP contribution is 2.49. The monoisotopic (exact) mass is 472 g/mol. The summed E-state index contributed by atoms with van der Waals surface area (Å²) in [4.78, 5) is 0. The van der Waals surface area contributed by atoms with Gasteiger partial charge in [-0.2, -0.15) is 4.39 Å². The van der Waals surface area contributed by atoms with Crippen LogP contribution < -0.4 is 4.74 Å². The molecular weight excluding hydrogens is 433 g/mol. The lowest BCUT2D eigenvalue weighted by molar-refractivity contribution is 0.113. The number of rotatable bonds is 9. The van der Waals surface area contributed by atoms with Crippen LogP contribution in [0.2, 0.25) is 0 Å². The standard InChI is InChI=1S/C30H39F3O/c1-3-5-7-8-9-20-10-11-22-16-23(13-12-21(22)15-20)24-17-25-19-27(34-14-6-4-2)29(32)30(33)28(25)26(31)18-24/h4,6,17-23H,3,5,7-16H2,1-2H3/b6-4+. The quantitative estimate of drug-likeness (QED) is 0.261. The predicted octanol–water partition coefficient (Wildman–Crippen LogP) is 9.48. The van der Waals surface area contributed by atoms with E-state index in [1.54, 1.807) is 12.2 Å². The number of hydrogen-bond donors (Lipinski definition) is 0. The van der Waals surface area contributed by atoms with Crippen molar-refractivity contribution in [2.45, 2.75) is 90.4 Å². The van der Waals surface area contributed by atoms with Gasteiger partial charge in [0.1, 0.15) is 12.4 Å². The van der Waals surface area contributed by atoms with Crippen LogP contribution in [-0.2, 0) is 0 Å². The highest BCUT2D eigenvalue weighted by Gasteiger charge is 2.36. The molecule has 34 heavy (non-hydrogen) atoms. The van der Waals surface area contributed by atoms with E-state index >= 15 is 0 Å². The van der Waals surface area contributed by atoms with Crippen LogP contribution in [0.5, 0.6) is 5.75 Å². The molecule has 0 N–H and O–H groups in total. The second kappa shape index (κ2) is 11.6. The molecule has 0 bridgehead atoms. The summed E-state index contributed by atoms with van der Waals surface area (Å²) in [6.07, 6.45) is 17.5. The Kier molecular flexibility index (Phi) is 8.60. The Balaban J connectivity index is 1.46. The van der Waals surface area contributed by atoms with E-state index in [0.29, 0.717) is 11.3 Å². The average Bonchev–Trinajstić information content (AvgIpc) is 2.84. The van der Waals surface area contributed by atoms with Gasteiger partial charge < -0.3 is 4.74 Å². The molecule has 0 heterocycles. The van der Waals surface area contributed by atoms with Gasteiger partial charge >= 0.3 is 0 Å². The predicted molar refractivity (Wildman–Crippen MR) is 134 cm³/mol. The third-order valence-corrected chi connectivity index (χ3v) is 8.29. The van der Waals surface area contributed by atoms with Gasteiger partial charge in [-0.15, -0.1) is 0 Å². The van der Waals surface area contributed by atoms with Gasteiger partial charge in [-0.3, -0.25) is 0 Å². The summed E-state index contributed by atoms with van der Waals surface area (Å²) in [6.45, 7) is 4.24. The maximum atomic E-state index is 15.0. The minimum Gasteiger partial charge on any atom is -0.486 e. The fourth-order valence-electron chi connectivity index (χ4n) is 6.40. The van der Waals surface area contributed by atoms with Gasteiger partial charge in [0.05, 0.1) is 5.39 Å². The Bertz CT molecular complexity index is 998. The summed E-state index contributed by atoms with van der Waals surface area (Å²) in [5, 5.41) is 0.0965. The number of fused-ring (bicyclic) bond motifs is 2. The van der Waals surface area contributed by atoms with Crippen molar-refractivity contribution in [3.63, 3.8) is 0 Å². The molecule has 4 heteroatoms. The van der Waals surface area contributed by atoms with Gasteiger partial charge in [0, 0.05) is 0 Å². The number of unbranched alkanes of at least 4 members (excludes halogenated alkanes) is 3. The van der Waals surface area contributed by atoms with Gasteiger partial charge in [-0.05, 0) is 85.8 Å². The fraction of sp³-hybridized carbons (Fsp3) is 0.600. The van der Waals surface area contributed by atoms with E-state index in [0.717, 1.165) is 30.2 Å². The Morgan fingerprint density at radius 1 is 0.912 bits per heavy atom. The summed E-state index contributed by atoms with van der Waals surface area (Å²) in [5.74, 6) is -0.483. The smallest absolute Gasteiger partial charge is 0.201 e. The fourth-order valence-corrected chi connectivity index (χ4v) is 6.40. The first-order chi connectivity index (χ1) is 16.5. The highest BCUT2D eigenvalue weighted by molar-refractivity contribution is 5.86. The molecule has 0 radical (unpaired) electrons. The Hall–Kier alpha value is -1.97. The maximum Gasteiger partial charge on any atom is 0.201 e. The van der Waals surface area contributed by atoms with Gasteiger partial charge in [0.25, 0.3) is 0 Å². The van der Waals surface area contributed by atoms with Crippen molar-refractivity contribution in [3.05, 3.63) is 53.4 Å². The molecule has 4 unspecified atom stereocenters. The number of benzene rings is 2. The molecule has 4 atom stereocenters. The molecule has 2 aromatic carbocycles. The maximum absolute atomic E-state index is 15.0. The summed E-state index contributed by atoms with van der Waals surface area (Å²) in [5.41, 5.74) is 0.913. The zero-order valence-electron chi connectivity index (χ0n) is 20.7. The number of ether oxygens (including phenoxy) is 1. The van der Waals surface area contributed by atoms with Crippen molar-refractivity contribution in [3.8, 4) is 5.75 Å². The Morgan fingerprint density at radius 3 is 2.50 bits per heavy atom. The summed E-state index contributed by atoms with van der Waals surface area (Å²) >= 11 is 0. The molecule has 0 aromatic heterocycles. The first-order valence-corrected chi connectivity index (χ1v) is 13.4. The molecule has 4 rings (SSSR count). The average molecular weight is 473 g/mol. The molecule has 2 aliphatic rings. The minimum absolute atomic E-state index is 0.145. The third kappa shape index (κ3) is 5.63. The second-order valence-electron chi connectivity index (χ2n) is 10.5. The molecule has 2 aliphatic carbocycles. The van der Waals surface area contributed by atoms with Gasteiger partial charge in [0.2, 0.25) is 5.82 Å². The van der Waals surface area contributed by atoms with Crippen LogP contribution in [0.15, 0.2) is 30.4 Å². The van der Waals surface area contributed by atoms with Crippen LogP contribution in [0, 0.1) is 35.2 Å². The number of halogens is 3. The van der Waals surface area contributed by atoms with Crippen LogP contribution >= 0.6 is 0 Å². The topological polar surface area (TPSA) is 9.23 Å². The molecule has 1 nitrogen and oxygen atoms in total. The number of allylic oxidation sites excluding steroid dienone is 1. The molecule has 186 valence electrons. The first kappa shape index (κ1) is 25.1. The Labute approximate surface area is 202 Å². The summed E-state index contributed by atoms with van der Waals surface area (Å²) < 4.78 is 49.5. The van der Waals surface area contributed by atoms with Crippen LogP contribution in [0.4, 0.5) is 13.2 Å². The van der Waals surface area contributed by atoms with Gasteiger partial charge in [-0.1, -0.05) is 63.7 Å². The largest absolute Gasteiger partial charge is 0.486 e. The second-order valence-corrected chi connectivity index (χ2v) is 10.5. The van der Waals surface area contributed by atoms with Crippen molar-refractivity contribution in [1.82, 2.24) is 0 Å². The van der Waals surface area contributed by atoms with E-state index in [9.17, 15) is 13.2 Å². The lowest BCUT2D eigenvalue weighted by atomic mass is 9.63. The molecule has 0 spiro atoms. The van der Waals surface area contributed by atoms with Crippen molar-refractivity contribution in [2.24, 2.45) is 17.8 Å². The third-order valence-electron chi connectivity index (χ3n) is 8.29. The van der Waals surface area contributed by atoms with Crippen molar-refractivity contribution < 1.29 is 17.9 Å². The summed E-state index contributed by atoms with van der Waals surface area (Å²) in [7, 11) is 0. The van der Waals surface area contributed by atoms with Crippen LogP contribution in [0.3, 0.4) is 0 Å². The summed E-state index contributed by atoms with van der Waals surface area (Å²) in [6, 6.07) is 4.74.